The van der Waals surface area contributed by atoms with Crippen molar-refractivity contribution >= 4 is 74.6 Å². The largest absolute Gasteiger partial charge is 0.364 e. The number of hydrogen-bond acceptors (Lipinski definition) is 7. The highest BCUT2D eigenvalue weighted by molar-refractivity contribution is 9.12. The van der Waals surface area contributed by atoms with E-state index in [-0.39, 0.29) is 39.7 Å². The third-order valence-corrected chi connectivity index (χ3v) is 7.48. The van der Waals surface area contributed by atoms with Gasteiger partial charge in [-0.05, 0) is 40.2 Å². The van der Waals surface area contributed by atoms with Crippen molar-refractivity contribution in [3.05, 3.63) is 82.9 Å². The first kappa shape index (κ1) is 35.0. The molecule has 0 aliphatic rings. The number of aryl methyl sites for hydroxylation is 4. The zero-order valence-corrected chi connectivity index (χ0v) is 28.2. The second kappa shape index (κ2) is 14.7. The molecule has 0 spiro atoms. The number of aliphatic imine (C=N–C) groups is 1. The van der Waals surface area contributed by atoms with Crippen LogP contribution in [0.15, 0.2) is 65.1 Å². The Kier molecular flexibility index (Phi) is 10.7. The van der Waals surface area contributed by atoms with Gasteiger partial charge >= 0.3 is 0 Å². The summed E-state index contributed by atoms with van der Waals surface area (Å²) in [6.45, 7) is 4.28. The van der Waals surface area contributed by atoms with Gasteiger partial charge in [-0.25, -0.2) is 5.84 Å². The first-order valence-electron chi connectivity index (χ1n) is 14.2. The van der Waals surface area contributed by atoms with Gasteiger partial charge in [0, 0.05) is 59.5 Å². The minimum atomic E-state index is -0.679. The zero-order valence-electron chi connectivity index (χ0n) is 26.6. The van der Waals surface area contributed by atoms with Crippen LogP contribution >= 0.6 is 15.9 Å². The molecule has 0 aliphatic carbocycles. The maximum Gasteiger partial charge on any atom is 0.274 e. The molecule has 8 N–H and O–H groups in total. The number of carbonyl (C=O) groups is 5. The fraction of sp³-hybridized carbons (Fsp3) is 0.200. The molecule has 0 radical (unpaired) electrons. The molecule has 0 bridgehead atoms. The number of primary amides is 1. The van der Waals surface area contributed by atoms with Gasteiger partial charge in [0.25, 0.3) is 29.5 Å². The van der Waals surface area contributed by atoms with Gasteiger partial charge in [0.05, 0.1) is 40.1 Å². The van der Waals surface area contributed by atoms with Gasteiger partial charge in [-0.1, -0.05) is 6.58 Å². The molecule has 252 valence electrons. The van der Waals surface area contributed by atoms with Crippen LogP contribution in [-0.4, -0.2) is 67.2 Å². The Bertz CT molecular complexity index is 1950. The molecule has 4 rings (SSSR count). The summed E-state index contributed by atoms with van der Waals surface area (Å²) in [6, 6.07) is 6.04. The normalized spacial score (nSPS) is 11.0. The van der Waals surface area contributed by atoms with Gasteiger partial charge in [0.1, 0.15) is 22.8 Å². The van der Waals surface area contributed by atoms with E-state index >= 15 is 0 Å². The van der Waals surface area contributed by atoms with Crippen LogP contribution < -0.4 is 37.9 Å². The van der Waals surface area contributed by atoms with E-state index < -0.39 is 23.6 Å². The molecule has 17 nitrogen and oxygen atoms in total. The third-order valence-electron chi connectivity index (χ3n) is 7.14. The zero-order chi connectivity index (χ0) is 35.3. The number of nitrogens with two attached hydrogens (primary N) is 2. The minimum absolute atomic E-state index is 0.0405. The van der Waals surface area contributed by atoms with Gasteiger partial charge in [-0.15, -0.1) is 0 Å². The monoisotopic (exact) mass is 722 g/mol. The van der Waals surface area contributed by atoms with E-state index in [1.165, 1.54) is 38.6 Å². The topological polar surface area (TPSA) is 221 Å². The smallest absolute Gasteiger partial charge is 0.274 e. The van der Waals surface area contributed by atoms with E-state index in [9.17, 15) is 24.0 Å². The second-order valence-corrected chi connectivity index (χ2v) is 11.5. The van der Waals surface area contributed by atoms with Gasteiger partial charge < -0.3 is 45.4 Å². The lowest BCUT2D eigenvalue weighted by molar-refractivity contribution is -0.113. The Labute approximate surface area is 283 Å². The molecule has 48 heavy (non-hydrogen) atoms. The van der Waals surface area contributed by atoms with Crippen LogP contribution in [0.3, 0.4) is 0 Å². The Morgan fingerprint density at radius 3 is 2.08 bits per heavy atom. The first-order valence-corrected chi connectivity index (χ1v) is 15.0. The summed E-state index contributed by atoms with van der Waals surface area (Å²) in [5, 5.41) is 8.27. The number of halogens is 1. The highest BCUT2D eigenvalue weighted by Crippen LogP contribution is 2.32. The van der Waals surface area contributed by atoms with Crippen LogP contribution in [0.2, 0.25) is 0 Å². The van der Waals surface area contributed by atoms with Crippen LogP contribution in [0, 0.1) is 0 Å². The van der Waals surface area contributed by atoms with E-state index in [1.54, 1.807) is 68.2 Å². The van der Waals surface area contributed by atoms with Crippen LogP contribution in [0.5, 0.6) is 0 Å². The molecule has 0 aromatic carbocycles. The van der Waals surface area contributed by atoms with Crippen LogP contribution in [-0.2, 0) is 33.0 Å². The van der Waals surface area contributed by atoms with Crippen molar-refractivity contribution in [1.82, 2.24) is 29.0 Å². The number of nitrogens with one attached hydrogen (secondary N) is 4. The van der Waals surface area contributed by atoms with E-state index in [1.807, 2.05) is 0 Å². The number of aromatic nitrogens is 4. The number of carbonyl (C=O) groups excluding carboxylic acids is 5. The van der Waals surface area contributed by atoms with E-state index in [2.05, 4.69) is 48.9 Å². The Morgan fingerprint density at radius 2 is 1.48 bits per heavy atom. The van der Waals surface area contributed by atoms with Gasteiger partial charge in [0.15, 0.2) is 0 Å². The molecule has 0 saturated heterocycles. The maximum absolute atomic E-state index is 13.5. The molecule has 18 heteroatoms. The Hall–Kier alpha value is -5.88. The molecular formula is C30H35BrN12O5. The lowest BCUT2D eigenvalue weighted by atomic mass is 10.2. The van der Waals surface area contributed by atoms with Crippen molar-refractivity contribution in [2.24, 2.45) is 44.8 Å². The van der Waals surface area contributed by atoms with Crippen molar-refractivity contribution < 1.29 is 24.0 Å². The van der Waals surface area contributed by atoms with E-state index in [4.69, 9.17) is 11.6 Å². The molecule has 0 atom stereocenters. The summed E-state index contributed by atoms with van der Waals surface area (Å²) in [6.07, 6.45) is 7.63. The summed E-state index contributed by atoms with van der Waals surface area (Å²) in [4.78, 5) is 69.8. The number of anilines is 4. The molecule has 0 saturated carbocycles. The molecular weight excluding hydrogens is 688 g/mol. The Balaban J connectivity index is 1.53. The lowest BCUT2D eigenvalue weighted by Gasteiger charge is -2.19. The van der Waals surface area contributed by atoms with Crippen molar-refractivity contribution in [3.63, 3.8) is 0 Å². The number of hydrazine groups is 1. The van der Waals surface area contributed by atoms with Crippen molar-refractivity contribution in [2.45, 2.75) is 0 Å². The summed E-state index contributed by atoms with van der Waals surface area (Å²) in [5.41, 5.74) is 9.75. The van der Waals surface area contributed by atoms with E-state index in [0.717, 1.165) is 0 Å². The van der Waals surface area contributed by atoms with Gasteiger partial charge in [-0.2, -0.15) is 0 Å². The SMILES string of the molecule is C=C(Br)C(=O)N(c1cc(C(N)=O)n(C)c1)c1cc(C(=O)Nc2ccn(C)c2C(=O)Nc2cc(C(=O)NCCN=CNN)n(C)c2)n(C)c1. The molecule has 0 aliphatic heterocycles. The predicted molar refractivity (Wildman–Crippen MR) is 184 cm³/mol. The van der Waals surface area contributed by atoms with Gasteiger partial charge in [-0.3, -0.25) is 33.9 Å². The van der Waals surface area contributed by atoms with Crippen LogP contribution in [0.4, 0.5) is 22.7 Å². The minimum Gasteiger partial charge on any atom is -0.364 e. The standard InChI is InChI=1S/C30H35BrN12O5/c1-17(31)30(48)43(19-11-22(26(32)44)41(4)14-19)20-12-24(42(5)15-20)28(46)38-21-6-9-39(2)25(21)29(47)37-18-10-23(40(3)13-18)27(45)35-8-7-34-16-36-33/h6,9-16H,1,7-8,33H2,2-5H3,(H2,32,44)(H,34,36)(H,35,45)(H,37,47)(H,38,46). The average molecular weight is 724 g/mol. The number of hydrogen-bond donors (Lipinski definition) is 6. The summed E-state index contributed by atoms with van der Waals surface area (Å²) >= 11 is 3.12. The maximum atomic E-state index is 13.5. The summed E-state index contributed by atoms with van der Waals surface area (Å²) < 4.78 is 6.15. The number of amides is 5. The van der Waals surface area contributed by atoms with Crippen LogP contribution in [0.1, 0.15) is 42.0 Å². The number of nitrogens with zero attached hydrogens (tertiary/aromatic N) is 6. The van der Waals surface area contributed by atoms with Gasteiger partial charge in [0.2, 0.25) is 0 Å². The highest BCUT2D eigenvalue weighted by atomic mass is 79.9. The average Bonchev–Trinajstić information content (AvgIpc) is 3.78. The molecule has 4 heterocycles. The predicted octanol–water partition coefficient (Wildman–Crippen LogP) is 1.44. The summed E-state index contributed by atoms with van der Waals surface area (Å²) in [7, 11) is 6.55. The lowest BCUT2D eigenvalue weighted by Crippen LogP contribution is -2.28. The first-order chi connectivity index (χ1) is 22.7. The molecule has 4 aromatic rings. The quantitative estimate of drug-likeness (QED) is 0.0297. The van der Waals surface area contributed by atoms with Crippen molar-refractivity contribution in [2.75, 3.05) is 28.6 Å². The molecule has 4 aromatic heterocycles. The van der Waals surface area contributed by atoms with Crippen LogP contribution in [0.25, 0.3) is 0 Å². The van der Waals surface area contributed by atoms with E-state index in [0.29, 0.717) is 29.3 Å². The molecule has 0 unspecified atom stereocenters. The fourth-order valence-corrected chi connectivity index (χ4v) is 5.08. The summed E-state index contributed by atoms with van der Waals surface area (Å²) in [5.74, 6) is 2.45. The highest BCUT2D eigenvalue weighted by Gasteiger charge is 2.27. The fourth-order valence-electron chi connectivity index (χ4n) is 4.90. The van der Waals surface area contributed by atoms with Crippen molar-refractivity contribution in [3.8, 4) is 0 Å². The van der Waals surface area contributed by atoms with Crippen molar-refractivity contribution in [1.29, 1.82) is 0 Å². The second-order valence-electron chi connectivity index (χ2n) is 10.6. The Morgan fingerprint density at radius 1 is 0.875 bits per heavy atom. The third kappa shape index (κ3) is 7.56. The molecule has 5 amide bonds. The molecule has 0 fully saturated rings. The number of rotatable bonds is 13.